The van der Waals surface area contributed by atoms with Crippen LogP contribution in [0.5, 0.6) is 0 Å². The molecule has 0 aliphatic carbocycles. The van der Waals surface area contributed by atoms with Gasteiger partial charge in [0.25, 0.3) is 0 Å². The number of benzene rings is 3. The summed E-state index contributed by atoms with van der Waals surface area (Å²) >= 11 is 6.65. The van der Waals surface area contributed by atoms with Crippen molar-refractivity contribution >= 4 is 54.9 Å². The predicted molar refractivity (Wildman–Crippen MR) is 121 cm³/mol. The molecule has 0 heterocycles. The lowest BCUT2D eigenvalue weighted by Crippen LogP contribution is -2.02. The monoisotopic (exact) mass is 492 g/mol. The van der Waals surface area contributed by atoms with Crippen LogP contribution in [-0.4, -0.2) is 11.1 Å². The fraction of sp³-hybridized carbons (Fsp3) is 0.0952. The minimum Gasteiger partial charge on any atom is -0.478 e. The van der Waals surface area contributed by atoms with E-state index in [1.165, 1.54) is 0 Å². The van der Waals surface area contributed by atoms with Gasteiger partial charge in [0.2, 0.25) is 0 Å². The summed E-state index contributed by atoms with van der Waals surface area (Å²) in [5.74, 6) is -0.942. The molecule has 4 nitrogen and oxygen atoms in total. The zero-order valence-corrected chi connectivity index (χ0v) is 18.3. The van der Waals surface area contributed by atoms with E-state index in [9.17, 15) is 4.79 Å². The lowest BCUT2D eigenvalue weighted by atomic mass is 10.1. The lowest BCUT2D eigenvalue weighted by Gasteiger charge is -2.09. The number of carbonyl (C=O) groups is 1. The number of carboxylic acid groups (broad SMARTS) is 1. The summed E-state index contributed by atoms with van der Waals surface area (Å²) in [6, 6.07) is 21.9. The smallest absolute Gasteiger partial charge is 0.337 e. The Morgan fingerprint density at radius 1 is 0.889 bits per heavy atom. The van der Waals surface area contributed by atoms with Crippen LogP contribution in [0.4, 0.5) is 17.1 Å². The highest BCUT2D eigenvalue weighted by molar-refractivity contribution is 9.10. The summed E-state index contributed by atoms with van der Waals surface area (Å²) < 4.78 is 1.97. The maximum absolute atomic E-state index is 11.0. The van der Waals surface area contributed by atoms with Crippen LogP contribution < -0.4 is 11.1 Å². The highest BCUT2D eigenvalue weighted by atomic mass is 79.9. The van der Waals surface area contributed by atoms with Crippen molar-refractivity contribution < 1.29 is 9.90 Å². The summed E-state index contributed by atoms with van der Waals surface area (Å²) in [5, 5.41) is 12.1. The van der Waals surface area contributed by atoms with Gasteiger partial charge >= 0.3 is 5.97 Å². The number of halogens is 2. The van der Waals surface area contributed by atoms with Gasteiger partial charge in [0.1, 0.15) is 0 Å². The number of para-hydroxylation sites is 1. The highest BCUT2D eigenvalue weighted by Crippen LogP contribution is 2.23. The largest absolute Gasteiger partial charge is 0.478 e. The van der Waals surface area contributed by atoms with Crippen LogP contribution in [-0.2, 0) is 0 Å². The third kappa shape index (κ3) is 8.28. The number of aromatic carboxylic acids is 1. The van der Waals surface area contributed by atoms with E-state index in [4.69, 9.17) is 10.8 Å². The van der Waals surface area contributed by atoms with E-state index in [1.807, 2.05) is 62.4 Å². The molecule has 0 saturated heterocycles. The SMILES string of the molecule is CC.Nc1cccc(Br)c1.O=C(O)c1ccccc1Nc1cccc(Br)c1. The molecule has 0 radical (unpaired) electrons. The molecule has 0 aliphatic heterocycles. The first-order chi connectivity index (χ1) is 13.0. The molecule has 4 N–H and O–H groups in total. The molecule has 3 rings (SSSR count). The molecule has 0 saturated carbocycles. The van der Waals surface area contributed by atoms with E-state index < -0.39 is 5.97 Å². The Hall–Kier alpha value is -2.31. The van der Waals surface area contributed by atoms with Crippen molar-refractivity contribution in [2.75, 3.05) is 11.1 Å². The summed E-state index contributed by atoms with van der Waals surface area (Å²) in [6.45, 7) is 4.00. The summed E-state index contributed by atoms with van der Waals surface area (Å²) in [4.78, 5) is 11.0. The van der Waals surface area contributed by atoms with Gasteiger partial charge in [-0.05, 0) is 48.5 Å². The number of nitrogens with two attached hydrogens (primary N) is 1. The van der Waals surface area contributed by atoms with Gasteiger partial charge in [0.05, 0.1) is 11.3 Å². The molecule has 6 heteroatoms. The molecule has 27 heavy (non-hydrogen) atoms. The molecule has 0 spiro atoms. The second-order valence-electron chi connectivity index (χ2n) is 5.04. The Morgan fingerprint density at radius 2 is 1.48 bits per heavy atom. The van der Waals surface area contributed by atoms with Crippen LogP contribution in [0.2, 0.25) is 0 Å². The van der Waals surface area contributed by atoms with Crippen molar-refractivity contribution in [1.29, 1.82) is 0 Å². The summed E-state index contributed by atoms with van der Waals surface area (Å²) in [6.07, 6.45) is 0. The molecule has 3 aromatic rings. The Labute approximate surface area is 176 Å². The molecule has 0 amide bonds. The van der Waals surface area contributed by atoms with Crippen molar-refractivity contribution in [3.63, 3.8) is 0 Å². The van der Waals surface area contributed by atoms with Gasteiger partial charge in [0.15, 0.2) is 0 Å². The quantitative estimate of drug-likeness (QED) is 0.345. The second kappa shape index (κ2) is 12.1. The van der Waals surface area contributed by atoms with Crippen molar-refractivity contribution in [1.82, 2.24) is 0 Å². The number of hydrogen-bond acceptors (Lipinski definition) is 3. The first-order valence-electron chi connectivity index (χ1n) is 8.31. The molecule has 0 fully saturated rings. The molecule has 142 valence electrons. The van der Waals surface area contributed by atoms with Gasteiger partial charge in [-0.2, -0.15) is 0 Å². The Morgan fingerprint density at radius 3 is 2.00 bits per heavy atom. The normalized spacial score (nSPS) is 9.19. The van der Waals surface area contributed by atoms with Crippen LogP contribution in [0, 0.1) is 0 Å². The van der Waals surface area contributed by atoms with E-state index in [0.29, 0.717) is 5.69 Å². The Bertz CT molecular complexity index is 853. The zero-order valence-electron chi connectivity index (χ0n) is 15.1. The average molecular weight is 494 g/mol. The van der Waals surface area contributed by atoms with Crippen LogP contribution in [0.3, 0.4) is 0 Å². The average Bonchev–Trinajstić information content (AvgIpc) is 2.64. The van der Waals surface area contributed by atoms with Crippen LogP contribution in [0.25, 0.3) is 0 Å². The fourth-order valence-corrected chi connectivity index (χ4v) is 2.82. The summed E-state index contributed by atoms with van der Waals surface area (Å²) in [5.41, 5.74) is 7.90. The van der Waals surface area contributed by atoms with Crippen molar-refractivity contribution in [2.24, 2.45) is 0 Å². The van der Waals surface area contributed by atoms with Crippen molar-refractivity contribution in [3.8, 4) is 0 Å². The third-order valence-electron chi connectivity index (χ3n) is 3.11. The van der Waals surface area contributed by atoms with Crippen molar-refractivity contribution in [2.45, 2.75) is 13.8 Å². The molecular formula is C21H22Br2N2O2. The van der Waals surface area contributed by atoms with Gasteiger partial charge < -0.3 is 16.2 Å². The van der Waals surface area contributed by atoms with E-state index in [2.05, 4.69) is 37.2 Å². The number of anilines is 3. The maximum Gasteiger partial charge on any atom is 0.337 e. The molecule has 0 atom stereocenters. The molecular weight excluding hydrogens is 472 g/mol. The molecule has 3 aromatic carbocycles. The van der Waals surface area contributed by atoms with E-state index >= 15 is 0 Å². The van der Waals surface area contributed by atoms with E-state index in [-0.39, 0.29) is 5.56 Å². The summed E-state index contributed by atoms with van der Waals surface area (Å²) in [7, 11) is 0. The minimum atomic E-state index is -0.942. The van der Waals surface area contributed by atoms with Crippen LogP contribution in [0.15, 0.2) is 81.7 Å². The van der Waals surface area contributed by atoms with Gasteiger partial charge in [-0.25, -0.2) is 4.79 Å². The molecule has 0 aromatic heterocycles. The van der Waals surface area contributed by atoms with Gasteiger partial charge in [-0.1, -0.05) is 70.0 Å². The molecule has 0 unspecified atom stereocenters. The number of carboxylic acids is 1. The van der Waals surface area contributed by atoms with Gasteiger partial charge in [-0.15, -0.1) is 0 Å². The van der Waals surface area contributed by atoms with E-state index in [0.717, 1.165) is 20.3 Å². The lowest BCUT2D eigenvalue weighted by molar-refractivity contribution is 0.0698. The standard InChI is InChI=1S/C13H10BrNO2.C6H6BrN.C2H6/c14-9-4-3-5-10(8-9)15-12-7-2-1-6-11(12)13(16)17;7-5-2-1-3-6(8)4-5;1-2/h1-8,15H,(H,16,17);1-4H,8H2;1-2H3. The highest BCUT2D eigenvalue weighted by Gasteiger charge is 2.08. The van der Waals surface area contributed by atoms with Crippen LogP contribution >= 0.6 is 31.9 Å². The fourth-order valence-electron chi connectivity index (χ4n) is 2.01. The third-order valence-corrected chi connectivity index (χ3v) is 4.10. The van der Waals surface area contributed by atoms with Gasteiger partial charge in [-0.3, -0.25) is 0 Å². The maximum atomic E-state index is 11.0. The topological polar surface area (TPSA) is 75.4 Å². The van der Waals surface area contributed by atoms with E-state index in [1.54, 1.807) is 24.3 Å². The number of nitrogen functional groups attached to an aromatic ring is 1. The Balaban J connectivity index is 0.000000305. The Kier molecular flexibility index (Phi) is 10.2. The number of nitrogens with one attached hydrogen (secondary N) is 1. The molecule has 0 bridgehead atoms. The second-order valence-corrected chi connectivity index (χ2v) is 6.87. The number of rotatable bonds is 3. The van der Waals surface area contributed by atoms with Crippen LogP contribution in [0.1, 0.15) is 24.2 Å². The molecule has 0 aliphatic rings. The first kappa shape index (κ1) is 22.7. The number of hydrogen-bond donors (Lipinski definition) is 3. The first-order valence-corrected chi connectivity index (χ1v) is 9.90. The zero-order chi connectivity index (χ0) is 20.2. The predicted octanol–water partition coefficient (Wildman–Crippen LogP) is 6.95. The van der Waals surface area contributed by atoms with Gasteiger partial charge in [0, 0.05) is 20.3 Å². The van der Waals surface area contributed by atoms with Crippen molar-refractivity contribution in [3.05, 3.63) is 87.3 Å². The minimum absolute atomic E-state index is 0.257.